The van der Waals surface area contributed by atoms with Gasteiger partial charge in [-0.3, -0.25) is 0 Å². The Morgan fingerprint density at radius 1 is 1.26 bits per heavy atom. The van der Waals surface area contributed by atoms with Gasteiger partial charge in [-0.1, -0.05) is 6.07 Å². The Morgan fingerprint density at radius 2 is 2.22 bits per heavy atom. The third-order valence-electron chi connectivity index (χ3n) is 3.16. The summed E-state index contributed by atoms with van der Waals surface area (Å²) in [6, 6.07) is 9.69. The van der Waals surface area contributed by atoms with E-state index in [9.17, 15) is 0 Å². The zero-order valence-corrected chi connectivity index (χ0v) is 13.7. The maximum absolute atomic E-state index is 5.30. The average Bonchev–Trinajstić information content (AvgIpc) is 3.22. The van der Waals surface area contributed by atoms with Crippen molar-refractivity contribution in [3.63, 3.8) is 0 Å². The van der Waals surface area contributed by atoms with Gasteiger partial charge in [0.25, 0.3) is 0 Å². The molecule has 120 valence electrons. The second kappa shape index (κ2) is 7.89. The summed E-state index contributed by atoms with van der Waals surface area (Å²) in [4.78, 5) is 4.44. The van der Waals surface area contributed by atoms with Gasteiger partial charge in [0.05, 0.1) is 18.6 Å². The number of aryl methyl sites for hydroxylation is 1. The number of tetrazole rings is 1. The molecule has 0 bridgehead atoms. The van der Waals surface area contributed by atoms with Gasteiger partial charge in [0, 0.05) is 18.0 Å². The molecule has 3 rings (SSSR count). The molecule has 3 aromatic rings. The minimum absolute atomic E-state index is 0.601. The summed E-state index contributed by atoms with van der Waals surface area (Å²) in [6.45, 7) is 3.42. The molecule has 0 saturated carbocycles. The molecule has 23 heavy (non-hydrogen) atoms. The van der Waals surface area contributed by atoms with E-state index in [1.54, 1.807) is 10.9 Å². The largest absolute Gasteiger partial charge is 0.468 e. The van der Waals surface area contributed by atoms with Gasteiger partial charge in [0.15, 0.2) is 11.6 Å². The van der Waals surface area contributed by atoms with Crippen molar-refractivity contribution in [1.82, 2.24) is 30.5 Å². The number of thioether (sulfide) groups is 1. The van der Waals surface area contributed by atoms with Crippen molar-refractivity contribution in [2.45, 2.75) is 19.2 Å². The lowest BCUT2D eigenvalue weighted by Crippen LogP contribution is -2.20. The highest BCUT2D eigenvalue weighted by molar-refractivity contribution is 7.98. The van der Waals surface area contributed by atoms with Gasteiger partial charge >= 0.3 is 0 Å². The molecule has 0 unspecified atom stereocenters. The third-order valence-corrected chi connectivity index (χ3v) is 4.14. The molecule has 3 aromatic heterocycles. The van der Waals surface area contributed by atoms with Crippen LogP contribution in [0.1, 0.15) is 17.3 Å². The monoisotopic (exact) mass is 330 g/mol. The van der Waals surface area contributed by atoms with Gasteiger partial charge in [0.1, 0.15) is 5.76 Å². The lowest BCUT2D eigenvalue weighted by atomic mass is 10.4. The van der Waals surface area contributed by atoms with Crippen LogP contribution in [0.25, 0.3) is 5.82 Å². The summed E-state index contributed by atoms with van der Waals surface area (Å²) in [6.07, 6.45) is 1.70. The first-order chi connectivity index (χ1) is 11.3. The summed E-state index contributed by atoms with van der Waals surface area (Å²) in [7, 11) is 0. The molecule has 0 saturated heterocycles. The van der Waals surface area contributed by atoms with E-state index in [-0.39, 0.29) is 0 Å². The van der Waals surface area contributed by atoms with E-state index in [0.29, 0.717) is 6.54 Å². The number of hydrogen-bond donors (Lipinski definition) is 1. The fraction of sp³-hybridized carbons (Fsp3) is 0.333. The van der Waals surface area contributed by atoms with Crippen molar-refractivity contribution in [2.24, 2.45) is 0 Å². The van der Waals surface area contributed by atoms with Crippen LogP contribution in [0.2, 0.25) is 0 Å². The minimum Gasteiger partial charge on any atom is -0.468 e. The van der Waals surface area contributed by atoms with Crippen molar-refractivity contribution >= 4 is 11.8 Å². The molecule has 1 N–H and O–H groups in total. The van der Waals surface area contributed by atoms with Crippen molar-refractivity contribution in [2.75, 3.05) is 12.3 Å². The molecule has 3 heterocycles. The Bertz CT molecular complexity index is 727. The summed E-state index contributed by atoms with van der Waals surface area (Å²) in [5.74, 6) is 4.37. The van der Waals surface area contributed by atoms with Crippen LogP contribution in [0, 0.1) is 6.92 Å². The van der Waals surface area contributed by atoms with E-state index >= 15 is 0 Å². The van der Waals surface area contributed by atoms with E-state index in [4.69, 9.17) is 4.42 Å². The first-order valence-electron chi connectivity index (χ1n) is 7.35. The van der Waals surface area contributed by atoms with Crippen LogP contribution in [0.15, 0.2) is 41.0 Å². The first kappa shape index (κ1) is 15.7. The molecule has 0 amide bonds. The Balaban J connectivity index is 1.45. The first-order valence-corrected chi connectivity index (χ1v) is 8.50. The topological polar surface area (TPSA) is 81.7 Å². The second-order valence-corrected chi connectivity index (χ2v) is 6.06. The molecule has 0 aliphatic heterocycles. The maximum atomic E-state index is 5.30. The highest BCUT2D eigenvalue weighted by Crippen LogP contribution is 2.11. The van der Waals surface area contributed by atoms with E-state index in [1.807, 2.05) is 49.0 Å². The molecule has 0 atom stereocenters. The zero-order valence-electron chi connectivity index (χ0n) is 12.8. The Labute approximate surface area is 138 Å². The number of nitrogens with one attached hydrogen (secondary N) is 1. The molecule has 0 aromatic carbocycles. The van der Waals surface area contributed by atoms with E-state index < -0.39 is 0 Å². The fourth-order valence-electron chi connectivity index (χ4n) is 2.05. The van der Waals surface area contributed by atoms with Gasteiger partial charge in [-0.15, -0.1) is 5.10 Å². The smallest absolute Gasteiger partial charge is 0.172 e. The molecule has 0 aliphatic carbocycles. The zero-order chi connectivity index (χ0) is 15.9. The van der Waals surface area contributed by atoms with Crippen LogP contribution < -0.4 is 5.32 Å². The van der Waals surface area contributed by atoms with Crippen LogP contribution in [0.5, 0.6) is 0 Å². The number of hydrogen-bond acceptors (Lipinski definition) is 7. The second-order valence-electron chi connectivity index (χ2n) is 4.95. The van der Waals surface area contributed by atoms with Gasteiger partial charge in [0.2, 0.25) is 0 Å². The van der Waals surface area contributed by atoms with E-state index in [0.717, 1.165) is 41.1 Å². The lowest BCUT2D eigenvalue weighted by Gasteiger charge is -2.06. The predicted octanol–water partition coefficient (Wildman–Crippen LogP) is 1.98. The Morgan fingerprint density at radius 3 is 3.04 bits per heavy atom. The number of nitrogens with zero attached hydrogens (tertiary/aromatic N) is 5. The van der Waals surface area contributed by atoms with E-state index in [1.165, 1.54) is 0 Å². The highest BCUT2D eigenvalue weighted by atomic mass is 32.2. The van der Waals surface area contributed by atoms with Crippen LogP contribution in [0.4, 0.5) is 0 Å². The molecule has 7 nitrogen and oxygen atoms in total. The van der Waals surface area contributed by atoms with Gasteiger partial charge in [-0.05, 0) is 41.6 Å². The maximum Gasteiger partial charge on any atom is 0.172 e. The summed E-state index contributed by atoms with van der Waals surface area (Å²) < 4.78 is 6.96. The van der Waals surface area contributed by atoms with Gasteiger partial charge in [-0.25, -0.2) is 4.98 Å². The van der Waals surface area contributed by atoms with Crippen molar-refractivity contribution in [3.8, 4) is 5.82 Å². The Kier molecular flexibility index (Phi) is 5.38. The molecule has 0 spiro atoms. The molecule has 0 radical (unpaired) electrons. The number of furan rings is 1. The van der Waals surface area contributed by atoms with Crippen LogP contribution in [-0.2, 0) is 12.3 Å². The normalized spacial score (nSPS) is 11.0. The van der Waals surface area contributed by atoms with Crippen LogP contribution in [-0.4, -0.2) is 37.5 Å². The Hall–Kier alpha value is -2.19. The standard InChI is InChI=1S/C15H18N6OS/c1-12-4-2-6-14(17-12)21-15(18-19-20-21)10-16-7-9-23-11-13-5-3-8-22-13/h2-6,8,16H,7,9-11H2,1H3. The number of pyridine rings is 1. The van der Waals surface area contributed by atoms with Gasteiger partial charge < -0.3 is 9.73 Å². The SMILES string of the molecule is Cc1cccc(-n2nnnc2CNCCSCc2ccco2)n1. The molecular weight excluding hydrogens is 312 g/mol. The van der Waals surface area contributed by atoms with Crippen molar-refractivity contribution in [1.29, 1.82) is 0 Å². The third kappa shape index (κ3) is 4.40. The fourth-order valence-corrected chi connectivity index (χ4v) is 2.85. The van der Waals surface area contributed by atoms with Crippen LogP contribution in [0.3, 0.4) is 0 Å². The predicted molar refractivity (Wildman–Crippen MR) is 88.3 cm³/mol. The number of rotatable bonds is 8. The van der Waals surface area contributed by atoms with Gasteiger partial charge in [-0.2, -0.15) is 16.4 Å². The highest BCUT2D eigenvalue weighted by Gasteiger charge is 2.08. The average molecular weight is 330 g/mol. The molecule has 0 aliphatic rings. The van der Waals surface area contributed by atoms with Crippen LogP contribution >= 0.6 is 11.8 Å². The summed E-state index contributed by atoms with van der Waals surface area (Å²) >= 11 is 1.82. The summed E-state index contributed by atoms with van der Waals surface area (Å²) in [5.41, 5.74) is 0.936. The van der Waals surface area contributed by atoms with Crippen molar-refractivity contribution < 1.29 is 4.42 Å². The number of aromatic nitrogens is 5. The molecular formula is C15H18N6OS. The quantitative estimate of drug-likeness (QED) is 0.632. The molecule has 8 heteroatoms. The van der Waals surface area contributed by atoms with E-state index in [2.05, 4.69) is 25.8 Å². The minimum atomic E-state index is 0.601. The summed E-state index contributed by atoms with van der Waals surface area (Å²) in [5, 5.41) is 15.2. The lowest BCUT2D eigenvalue weighted by molar-refractivity contribution is 0.530. The molecule has 0 fully saturated rings. The van der Waals surface area contributed by atoms with Crippen molar-refractivity contribution in [3.05, 3.63) is 53.9 Å².